The average molecular weight is 412 g/mol. The van der Waals surface area contributed by atoms with E-state index in [9.17, 15) is 9.59 Å². The number of hydrogen-bond donors (Lipinski definition) is 2. The zero-order chi connectivity index (χ0) is 19.3. The molecular weight excluding hydrogens is 390 g/mol. The number of thioether (sulfide) groups is 1. The molecule has 1 unspecified atom stereocenters. The Morgan fingerprint density at radius 3 is 2.93 bits per heavy atom. The van der Waals surface area contributed by atoms with Crippen molar-refractivity contribution >= 4 is 50.8 Å². The molecule has 0 saturated heterocycles. The van der Waals surface area contributed by atoms with E-state index in [0.717, 1.165) is 39.7 Å². The topological polar surface area (TPSA) is 71.1 Å². The van der Waals surface area contributed by atoms with Crippen molar-refractivity contribution in [3.05, 3.63) is 54.1 Å². The van der Waals surface area contributed by atoms with Crippen molar-refractivity contribution in [2.45, 2.75) is 36.1 Å². The van der Waals surface area contributed by atoms with E-state index >= 15 is 0 Å². The SMILES string of the molecule is O=C(CCCSc1nc2ccccc2s1)NC1CCc2ccccc2NC1=O. The van der Waals surface area contributed by atoms with Gasteiger partial charge in [0.15, 0.2) is 4.34 Å². The molecule has 28 heavy (non-hydrogen) atoms. The van der Waals surface area contributed by atoms with Crippen LogP contribution < -0.4 is 10.6 Å². The number of nitrogens with one attached hydrogen (secondary N) is 2. The van der Waals surface area contributed by atoms with E-state index in [0.29, 0.717) is 12.8 Å². The number of rotatable bonds is 6. The highest BCUT2D eigenvalue weighted by molar-refractivity contribution is 8.01. The van der Waals surface area contributed by atoms with Crippen molar-refractivity contribution in [3.63, 3.8) is 0 Å². The zero-order valence-electron chi connectivity index (χ0n) is 15.3. The summed E-state index contributed by atoms with van der Waals surface area (Å²) in [4.78, 5) is 29.2. The number of carbonyl (C=O) groups is 2. The molecule has 0 saturated carbocycles. The molecule has 0 radical (unpaired) electrons. The van der Waals surface area contributed by atoms with Crippen LogP contribution in [-0.2, 0) is 16.0 Å². The highest BCUT2D eigenvalue weighted by Gasteiger charge is 2.24. The van der Waals surface area contributed by atoms with Gasteiger partial charge in [-0.2, -0.15) is 0 Å². The first kappa shape index (κ1) is 19.0. The van der Waals surface area contributed by atoms with Crippen LogP contribution in [0.3, 0.4) is 0 Å². The van der Waals surface area contributed by atoms with Crippen molar-refractivity contribution in [2.24, 2.45) is 0 Å². The molecule has 1 aliphatic rings. The standard InChI is InChI=1S/C21H21N3O2S2/c25-19(10-5-13-27-21-24-16-8-3-4-9-18(16)28-21)22-17-12-11-14-6-1-2-7-15(14)23-20(17)26/h1-4,6-9,17H,5,10-13H2,(H,22,25)(H,23,26). The zero-order valence-corrected chi connectivity index (χ0v) is 16.9. The normalized spacial score (nSPS) is 16.3. The van der Waals surface area contributed by atoms with Gasteiger partial charge in [0, 0.05) is 17.9 Å². The Morgan fingerprint density at radius 1 is 1.21 bits per heavy atom. The van der Waals surface area contributed by atoms with Crippen LogP contribution in [0.2, 0.25) is 0 Å². The fourth-order valence-corrected chi connectivity index (χ4v) is 5.30. The second-order valence-corrected chi connectivity index (χ2v) is 9.08. The smallest absolute Gasteiger partial charge is 0.246 e. The number of thiazole rings is 1. The molecule has 4 rings (SSSR count). The van der Waals surface area contributed by atoms with Crippen LogP contribution in [0.1, 0.15) is 24.8 Å². The lowest BCUT2D eigenvalue weighted by Gasteiger charge is -2.15. The van der Waals surface area contributed by atoms with Crippen molar-refractivity contribution in [2.75, 3.05) is 11.1 Å². The van der Waals surface area contributed by atoms with Gasteiger partial charge in [0.1, 0.15) is 6.04 Å². The van der Waals surface area contributed by atoms with Crippen LogP contribution in [0, 0.1) is 0 Å². The predicted molar refractivity (Wildman–Crippen MR) is 115 cm³/mol. The first-order valence-electron chi connectivity index (χ1n) is 9.35. The molecule has 2 aromatic carbocycles. The number of aryl methyl sites for hydroxylation is 1. The van der Waals surface area contributed by atoms with Gasteiger partial charge < -0.3 is 10.6 Å². The van der Waals surface area contributed by atoms with Gasteiger partial charge in [-0.25, -0.2) is 4.98 Å². The third-order valence-corrected chi connectivity index (χ3v) is 6.94. The van der Waals surface area contributed by atoms with Crippen LogP contribution in [-0.4, -0.2) is 28.6 Å². The minimum atomic E-state index is -0.475. The number of amides is 2. The van der Waals surface area contributed by atoms with E-state index in [4.69, 9.17) is 0 Å². The molecule has 1 aromatic heterocycles. The molecule has 144 valence electrons. The molecule has 2 N–H and O–H groups in total. The molecule has 1 aliphatic heterocycles. The lowest BCUT2D eigenvalue weighted by atomic mass is 10.1. The minimum Gasteiger partial charge on any atom is -0.344 e. The molecule has 2 heterocycles. The van der Waals surface area contributed by atoms with E-state index in [1.54, 1.807) is 23.1 Å². The summed E-state index contributed by atoms with van der Waals surface area (Å²) in [6, 6.07) is 15.4. The number of aromatic nitrogens is 1. The first-order valence-corrected chi connectivity index (χ1v) is 11.2. The Bertz CT molecular complexity index is 969. The second kappa shape index (κ2) is 8.75. The van der Waals surface area contributed by atoms with Crippen molar-refractivity contribution < 1.29 is 9.59 Å². The summed E-state index contributed by atoms with van der Waals surface area (Å²) in [5.74, 6) is 0.619. The molecule has 0 fully saturated rings. The first-order chi connectivity index (χ1) is 13.7. The Labute approximate surface area is 171 Å². The maximum absolute atomic E-state index is 12.4. The third kappa shape index (κ3) is 4.54. The van der Waals surface area contributed by atoms with E-state index in [-0.39, 0.29) is 11.8 Å². The fourth-order valence-electron chi connectivity index (χ4n) is 3.22. The molecule has 0 bridgehead atoms. The number of fused-ring (bicyclic) bond motifs is 2. The van der Waals surface area contributed by atoms with Crippen molar-refractivity contribution in [3.8, 4) is 0 Å². The molecule has 1 atom stereocenters. The predicted octanol–water partition coefficient (Wildman–Crippen LogP) is 4.24. The van der Waals surface area contributed by atoms with Crippen molar-refractivity contribution in [1.29, 1.82) is 0 Å². The van der Waals surface area contributed by atoms with E-state index in [2.05, 4.69) is 21.7 Å². The lowest BCUT2D eigenvalue weighted by Crippen LogP contribution is -2.43. The highest BCUT2D eigenvalue weighted by Crippen LogP contribution is 2.29. The Kier molecular flexibility index (Phi) is 5.92. The Morgan fingerprint density at radius 2 is 2.04 bits per heavy atom. The second-order valence-electron chi connectivity index (χ2n) is 6.70. The number of anilines is 1. The maximum Gasteiger partial charge on any atom is 0.246 e. The molecular formula is C21H21N3O2S2. The quantitative estimate of drug-likeness (QED) is 0.470. The number of para-hydroxylation sites is 2. The molecule has 2 amide bonds. The van der Waals surface area contributed by atoms with Gasteiger partial charge in [0.2, 0.25) is 11.8 Å². The molecule has 5 nitrogen and oxygen atoms in total. The maximum atomic E-state index is 12.4. The number of hydrogen-bond acceptors (Lipinski definition) is 5. The number of benzene rings is 2. The summed E-state index contributed by atoms with van der Waals surface area (Å²) in [6.07, 6.45) is 2.55. The number of carbonyl (C=O) groups excluding carboxylic acids is 2. The van der Waals surface area contributed by atoms with Crippen LogP contribution >= 0.6 is 23.1 Å². The van der Waals surface area contributed by atoms with Gasteiger partial charge in [-0.05, 0) is 43.0 Å². The summed E-state index contributed by atoms with van der Waals surface area (Å²) >= 11 is 3.36. The third-order valence-electron chi connectivity index (χ3n) is 4.68. The largest absolute Gasteiger partial charge is 0.344 e. The molecule has 7 heteroatoms. The minimum absolute atomic E-state index is 0.0731. The van der Waals surface area contributed by atoms with Gasteiger partial charge >= 0.3 is 0 Å². The van der Waals surface area contributed by atoms with Gasteiger partial charge in [0.05, 0.1) is 10.2 Å². The summed E-state index contributed by atoms with van der Waals surface area (Å²) in [5.41, 5.74) is 2.98. The summed E-state index contributed by atoms with van der Waals surface area (Å²) in [5, 5.41) is 5.81. The number of nitrogens with zero attached hydrogens (tertiary/aromatic N) is 1. The van der Waals surface area contributed by atoms with Crippen LogP contribution in [0.5, 0.6) is 0 Å². The lowest BCUT2D eigenvalue weighted by molar-refractivity contribution is -0.126. The van der Waals surface area contributed by atoms with Crippen molar-refractivity contribution in [1.82, 2.24) is 10.3 Å². The van der Waals surface area contributed by atoms with E-state index < -0.39 is 6.04 Å². The van der Waals surface area contributed by atoms with Gasteiger partial charge in [-0.3, -0.25) is 9.59 Å². The summed E-state index contributed by atoms with van der Waals surface area (Å²) in [6.45, 7) is 0. The summed E-state index contributed by atoms with van der Waals surface area (Å²) in [7, 11) is 0. The Hall–Kier alpha value is -2.38. The Balaban J connectivity index is 1.23. The van der Waals surface area contributed by atoms with Gasteiger partial charge in [0.25, 0.3) is 0 Å². The van der Waals surface area contributed by atoms with E-state index in [1.165, 1.54) is 4.70 Å². The molecule has 0 spiro atoms. The van der Waals surface area contributed by atoms with Crippen LogP contribution in [0.25, 0.3) is 10.2 Å². The summed E-state index contributed by atoms with van der Waals surface area (Å²) < 4.78 is 2.21. The highest BCUT2D eigenvalue weighted by atomic mass is 32.2. The molecule has 0 aliphatic carbocycles. The van der Waals surface area contributed by atoms with E-state index in [1.807, 2.05) is 42.5 Å². The van der Waals surface area contributed by atoms with Crippen LogP contribution in [0.4, 0.5) is 5.69 Å². The average Bonchev–Trinajstić information content (AvgIpc) is 3.05. The van der Waals surface area contributed by atoms with Gasteiger partial charge in [-0.15, -0.1) is 11.3 Å². The van der Waals surface area contributed by atoms with Gasteiger partial charge in [-0.1, -0.05) is 42.1 Å². The molecule has 3 aromatic rings. The van der Waals surface area contributed by atoms with Crippen LogP contribution in [0.15, 0.2) is 52.9 Å². The fraction of sp³-hybridized carbons (Fsp3) is 0.286. The monoisotopic (exact) mass is 411 g/mol.